The number of carbonyl (C=O) groups is 3. The van der Waals surface area contributed by atoms with Crippen LogP contribution in [0.2, 0.25) is 0 Å². The molecule has 42 heavy (non-hydrogen) atoms. The smallest absolute Gasteiger partial charge is 0.243 e. The molecule has 1 aromatic rings. The standard InChI is InChI=1S/C33H51FN4O4/c1-22-21-36-30(26-11-5-4-6-12-26)33(41)38(3)23(2)31(39)37-28(20-24-15-17-27(34)18-16-24)32(40)35-19-9-13-25-10-7-8-14-29(25)42-22/h15-18,22-23,25-26,28-30,36H,4-14,19-21H2,1-3H3,(H,35,40)(H,37,39)/t22-,23-,25+,28-,29+,30+/m1/s1. The van der Waals surface area contributed by atoms with Crippen molar-refractivity contribution < 1.29 is 23.5 Å². The highest BCUT2D eigenvalue weighted by molar-refractivity contribution is 5.93. The number of hydrogen-bond acceptors (Lipinski definition) is 5. The maximum Gasteiger partial charge on any atom is 0.243 e. The molecule has 0 spiro atoms. The summed E-state index contributed by atoms with van der Waals surface area (Å²) in [5, 5.41) is 9.49. The summed E-state index contributed by atoms with van der Waals surface area (Å²) in [6, 6.07) is 3.96. The third-order valence-electron chi connectivity index (χ3n) is 9.60. The molecule has 1 aliphatic heterocycles. The summed E-state index contributed by atoms with van der Waals surface area (Å²) >= 11 is 0. The van der Waals surface area contributed by atoms with Crippen molar-refractivity contribution in [3.05, 3.63) is 35.6 Å². The van der Waals surface area contributed by atoms with E-state index >= 15 is 0 Å². The summed E-state index contributed by atoms with van der Waals surface area (Å²) in [6.45, 7) is 4.87. The molecule has 3 amide bonds. The molecule has 6 atom stereocenters. The summed E-state index contributed by atoms with van der Waals surface area (Å²) in [6.07, 6.45) is 12.0. The molecule has 1 heterocycles. The normalized spacial score (nSPS) is 31.8. The van der Waals surface area contributed by atoms with Crippen LogP contribution in [-0.2, 0) is 25.5 Å². The van der Waals surface area contributed by atoms with Crippen LogP contribution in [0.5, 0.6) is 0 Å². The number of rotatable bonds is 3. The summed E-state index contributed by atoms with van der Waals surface area (Å²) in [4.78, 5) is 42.3. The van der Waals surface area contributed by atoms with E-state index in [9.17, 15) is 18.8 Å². The minimum atomic E-state index is -0.841. The molecular formula is C33H51FN4O4. The highest BCUT2D eigenvalue weighted by Gasteiger charge is 2.36. The van der Waals surface area contributed by atoms with Crippen molar-refractivity contribution in [1.82, 2.24) is 20.9 Å². The number of benzene rings is 1. The van der Waals surface area contributed by atoms with E-state index in [1.54, 1.807) is 26.1 Å². The number of amides is 3. The van der Waals surface area contributed by atoms with E-state index in [2.05, 4.69) is 22.9 Å². The number of hydrogen-bond donors (Lipinski definition) is 3. The van der Waals surface area contributed by atoms with Gasteiger partial charge in [0.05, 0.1) is 18.2 Å². The van der Waals surface area contributed by atoms with Crippen molar-refractivity contribution in [1.29, 1.82) is 0 Å². The Morgan fingerprint density at radius 2 is 1.50 bits per heavy atom. The summed E-state index contributed by atoms with van der Waals surface area (Å²) < 4.78 is 20.1. The summed E-state index contributed by atoms with van der Waals surface area (Å²) in [7, 11) is 1.67. The van der Waals surface area contributed by atoms with E-state index in [1.807, 2.05) is 0 Å². The SMILES string of the molecule is C[C@@H]1CN[C@@H](C2CCCCC2)C(=O)N(C)[C@H](C)C(=O)N[C@H](Cc2ccc(F)cc2)C(=O)NCCC[C@@H]2CCCC[C@@H]2O1. The predicted molar refractivity (Wildman–Crippen MR) is 161 cm³/mol. The van der Waals surface area contributed by atoms with Gasteiger partial charge in [-0.3, -0.25) is 14.4 Å². The molecular weight excluding hydrogens is 535 g/mol. The quantitative estimate of drug-likeness (QED) is 0.495. The van der Waals surface area contributed by atoms with Crippen LogP contribution in [0.3, 0.4) is 0 Å². The van der Waals surface area contributed by atoms with Gasteiger partial charge in [-0.2, -0.15) is 0 Å². The molecule has 0 radical (unpaired) electrons. The van der Waals surface area contributed by atoms with Crippen LogP contribution >= 0.6 is 0 Å². The van der Waals surface area contributed by atoms with Gasteiger partial charge in [-0.05, 0) is 81.9 Å². The van der Waals surface area contributed by atoms with Gasteiger partial charge in [0, 0.05) is 26.6 Å². The topological polar surface area (TPSA) is 99.8 Å². The molecule has 0 aromatic heterocycles. The number of nitrogens with one attached hydrogen (secondary N) is 3. The van der Waals surface area contributed by atoms with Crippen LogP contribution in [0, 0.1) is 17.7 Å². The van der Waals surface area contributed by atoms with Crippen molar-refractivity contribution in [2.75, 3.05) is 20.1 Å². The first-order chi connectivity index (χ1) is 20.2. The number of likely N-dealkylation sites (N-methyl/N-ethyl adjacent to an activating group) is 1. The highest BCUT2D eigenvalue weighted by atomic mass is 19.1. The lowest BCUT2D eigenvalue weighted by Gasteiger charge is -2.37. The van der Waals surface area contributed by atoms with E-state index in [1.165, 1.54) is 29.9 Å². The lowest BCUT2D eigenvalue weighted by atomic mass is 9.83. The van der Waals surface area contributed by atoms with Gasteiger partial charge in [-0.25, -0.2) is 4.39 Å². The molecule has 1 aromatic carbocycles. The molecule has 0 bridgehead atoms. The maximum atomic E-state index is 13.9. The number of fused-ring (bicyclic) bond motifs is 1. The zero-order chi connectivity index (χ0) is 30.1. The van der Waals surface area contributed by atoms with Crippen LogP contribution < -0.4 is 16.0 Å². The first-order valence-corrected chi connectivity index (χ1v) is 16.2. The van der Waals surface area contributed by atoms with Crippen LogP contribution in [0.15, 0.2) is 24.3 Å². The molecule has 3 fully saturated rings. The van der Waals surface area contributed by atoms with E-state index in [0.717, 1.165) is 63.4 Å². The number of ether oxygens (including phenoxy) is 1. The fourth-order valence-corrected chi connectivity index (χ4v) is 6.89. The zero-order valence-electron chi connectivity index (χ0n) is 25.7. The van der Waals surface area contributed by atoms with Crippen LogP contribution in [0.4, 0.5) is 4.39 Å². The third kappa shape index (κ3) is 8.99. The van der Waals surface area contributed by atoms with E-state index < -0.39 is 24.0 Å². The van der Waals surface area contributed by atoms with Crippen molar-refractivity contribution in [3.63, 3.8) is 0 Å². The molecule has 3 N–H and O–H groups in total. The minimum Gasteiger partial charge on any atom is -0.374 e. The Balaban J connectivity index is 1.55. The molecule has 0 unspecified atom stereocenters. The lowest BCUT2D eigenvalue weighted by Crippen LogP contribution is -2.58. The fraction of sp³-hybridized carbons (Fsp3) is 0.727. The average molecular weight is 587 g/mol. The monoisotopic (exact) mass is 586 g/mol. The van der Waals surface area contributed by atoms with Gasteiger partial charge in [0.25, 0.3) is 0 Å². The molecule has 2 saturated carbocycles. The number of halogens is 1. The third-order valence-corrected chi connectivity index (χ3v) is 9.60. The Morgan fingerprint density at radius 1 is 0.857 bits per heavy atom. The maximum absolute atomic E-state index is 13.9. The first kappa shape index (κ1) is 32.4. The zero-order valence-corrected chi connectivity index (χ0v) is 25.7. The fourth-order valence-electron chi connectivity index (χ4n) is 6.89. The molecule has 234 valence electrons. The number of nitrogens with zero attached hydrogens (tertiary/aromatic N) is 1. The van der Waals surface area contributed by atoms with Gasteiger partial charge >= 0.3 is 0 Å². The Hall–Kier alpha value is -2.52. The summed E-state index contributed by atoms with van der Waals surface area (Å²) in [5.74, 6) is -0.477. The van der Waals surface area contributed by atoms with Crippen LogP contribution in [0.1, 0.15) is 90.0 Å². The van der Waals surface area contributed by atoms with Crippen molar-refractivity contribution in [3.8, 4) is 0 Å². The first-order valence-electron chi connectivity index (χ1n) is 16.2. The average Bonchev–Trinajstić information content (AvgIpc) is 3.00. The molecule has 8 nitrogen and oxygen atoms in total. The van der Waals surface area contributed by atoms with Gasteiger partial charge in [-0.15, -0.1) is 0 Å². The van der Waals surface area contributed by atoms with Crippen LogP contribution in [0.25, 0.3) is 0 Å². The Labute approximate surface area is 250 Å². The Morgan fingerprint density at radius 3 is 2.24 bits per heavy atom. The Kier molecular flexibility index (Phi) is 12.2. The molecule has 1 saturated heterocycles. The second-order valence-corrected chi connectivity index (χ2v) is 12.8. The second kappa shape index (κ2) is 15.8. The Bertz CT molecular complexity index is 1030. The van der Waals surface area contributed by atoms with E-state index in [0.29, 0.717) is 19.0 Å². The van der Waals surface area contributed by atoms with Crippen LogP contribution in [-0.4, -0.2) is 73.1 Å². The van der Waals surface area contributed by atoms with Crippen molar-refractivity contribution in [2.45, 2.75) is 121 Å². The minimum absolute atomic E-state index is 0.0358. The van der Waals surface area contributed by atoms with Crippen molar-refractivity contribution >= 4 is 17.7 Å². The number of carbonyl (C=O) groups excluding carboxylic acids is 3. The largest absolute Gasteiger partial charge is 0.374 e. The van der Waals surface area contributed by atoms with Gasteiger partial charge in [0.2, 0.25) is 17.7 Å². The molecule has 9 heteroatoms. The van der Waals surface area contributed by atoms with Gasteiger partial charge in [0.1, 0.15) is 17.9 Å². The van der Waals surface area contributed by atoms with Gasteiger partial charge in [-0.1, -0.05) is 44.2 Å². The van der Waals surface area contributed by atoms with E-state index in [4.69, 9.17) is 4.74 Å². The predicted octanol–water partition coefficient (Wildman–Crippen LogP) is 4.11. The van der Waals surface area contributed by atoms with E-state index in [-0.39, 0.29) is 42.2 Å². The van der Waals surface area contributed by atoms with Gasteiger partial charge in [0.15, 0.2) is 0 Å². The molecule has 4 rings (SSSR count). The highest BCUT2D eigenvalue weighted by Crippen LogP contribution is 2.31. The second-order valence-electron chi connectivity index (χ2n) is 12.8. The molecule has 2 aliphatic carbocycles. The summed E-state index contributed by atoms with van der Waals surface area (Å²) in [5.41, 5.74) is 0.744. The van der Waals surface area contributed by atoms with Gasteiger partial charge < -0.3 is 25.6 Å². The lowest BCUT2D eigenvalue weighted by molar-refractivity contribution is -0.142. The molecule has 3 aliphatic rings. The van der Waals surface area contributed by atoms with Crippen molar-refractivity contribution in [2.24, 2.45) is 11.8 Å².